The van der Waals surface area contributed by atoms with Gasteiger partial charge in [0.15, 0.2) is 0 Å². The number of nitrogens with one attached hydrogen (secondary N) is 1. The van der Waals surface area contributed by atoms with E-state index in [1.54, 1.807) is 4.90 Å². The fourth-order valence-electron chi connectivity index (χ4n) is 4.15. The number of hydrogen-bond acceptors (Lipinski definition) is 5. The molecule has 3 aliphatic heterocycles. The number of carbonyl (C=O) groups is 3. The van der Waals surface area contributed by atoms with Crippen LogP contribution < -0.4 is 5.32 Å². The summed E-state index contributed by atoms with van der Waals surface area (Å²) in [6.45, 7) is 2.57. The van der Waals surface area contributed by atoms with Gasteiger partial charge in [-0.1, -0.05) is 28.8 Å². The number of hydroxylamine groups is 2. The van der Waals surface area contributed by atoms with Crippen molar-refractivity contribution in [1.29, 1.82) is 0 Å². The van der Waals surface area contributed by atoms with Gasteiger partial charge in [0.05, 0.1) is 0 Å². The number of urea groups is 1. The molecule has 1 N–H and O–H groups in total. The van der Waals surface area contributed by atoms with Crippen molar-refractivity contribution in [2.75, 3.05) is 32.7 Å². The minimum absolute atomic E-state index is 0.387. The highest BCUT2D eigenvalue weighted by Crippen LogP contribution is 2.25. The number of halogens is 1. The Morgan fingerprint density at radius 1 is 1.14 bits per heavy atom. The number of amides is 4. The van der Waals surface area contributed by atoms with Gasteiger partial charge in [-0.25, -0.2) is 9.59 Å². The molecule has 1 atom stereocenters. The van der Waals surface area contributed by atoms with Crippen LogP contribution in [-0.2, 0) is 16.1 Å². The van der Waals surface area contributed by atoms with Crippen molar-refractivity contribution in [3.63, 3.8) is 0 Å². The van der Waals surface area contributed by atoms with E-state index in [1.165, 1.54) is 10.5 Å². The van der Waals surface area contributed by atoms with E-state index in [0.717, 1.165) is 30.7 Å². The van der Waals surface area contributed by atoms with Crippen LogP contribution in [0.3, 0.4) is 0 Å². The lowest BCUT2D eigenvalue weighted by molar-refractivity contribution is -0.152. The van der Waals surface area contributed by atoms with Crippen LogP contribution in [0.2, 0.25) is 5.02 Å². The largest absolute Gasteiger partial charge is 0.434 e. The van der Waals surface area contributed by atoms with Crippen LogP contribution in [0.4, 0.5) is 9.59 Å². The number of likely N-dealkylation sites (tertiary alicyclic amines) is 1. The Labute approximate surface area is 174 Å². The molecule has 0 bridgehead atoms. The first-order valence-electron chi connectivity index (χ1n) is 10.1. The number of piperazine rings is 1. The molecular weight excluding hydrogens is 396 g/mol. The van der Waals surface area contributed by atoms with Gasteiger partial charge in [-0.2, -0.15) is 0 Å². The van der Waals surface area contributed by atoms with E-state index in [9.17, 15) is 14.4 Å². The number of benzene rings is 1. The number of hydrogen-bond donors (Lipinski definition) is 1. The van der Waals surface area contributed by atoms with Crippen molar-refractivity contribution >= 4 is 29.6 Å². The van der Waals surface area contributed by atoms with Gasteiger partial charge < -0.3 is 20.0 Å². The number of aryl methyl sites for hydroxylation is 1. The van der Waals surface area contributed by atoms with Crippen molar-refractivity contribution in [1.82, 2.24) is 20.2 Å². The molecule has 8 nitrogen and oxygen atoms in total. The molecule has 156 valence electrons. The van der Waals surface area contributed by atoms with Crippen LogP contribution in [0, 0.1) is 5.92 Å². The van der Waals surface area contributed by atoms with Gasteiger partial charge in [0.25, 0.3) is 5.91 Å². The Morgan fingerprint density at radius 3 is 2.55 bits per heavy atom. The van der Waals surface area contributed by atoms with Crippen molar-refractivity contribution < 1.29 is 19.2 Å². The number of carbonyl (C=O) groups excluding carboxylic acids is 3. The second kappa shape index (κ2) is 8.59. The summed E-state index contributed by atoms with van der Waals surface area (Å²) in [4.78, 5) is 45.4. The maximum absolute atomic E-state index is 12.5. The second-order valence-corrected chi connectivity index (χ2v) is 8.22. The first-order chi connectivity index (χ1) is 14.0. The predicted molar refractivity (Wildman–Crippen MR) is 106 cm³/mol. The molecule has 4 amide bonds. The molecule has 0 unspecified atom stereocenters. The highest BCUT2D eigenvalue weighted by Gasteiger charge is 2.49. The lowest BCUT2D eigenvalue weighted by atomic mass is 9.91. The minimum atomic E-state index is -0.629. The van der Waals surface area contributed by atoms with Gasteiger partial charge in [0.2, 0.25) is 0 Å². The van der Waals surface area contributed by atoms with Crippen LogP contribution in [-0.4, -0.2) is 71.7 Å². The number of nitrogens with zero attached hydrogens (tertiary/aromatic N) is 3. The topological polar surface area (TPSA) is 82.2 Å². The Balaban J connectivity index is 1.24. The second-order valence-electron chi connectivity index (χ2n) is 7.78. The summed E-state index contributed by atoms with van der Waals surface area (Å²) in [7, 11) is 0. The van der Waals surface area contributed by atoms with Crippen LogP contribution >= 0.6 is 11.6 Å². The van der Waals surface area contributed by atoms with Crippen molar-refractivity contribution in [2.24, 2.45) is 5.92 Å². The highest BCUT2D eigenvalue weighted by atomic mass is 35.5. The molecule has 1 aromatic rings. The van der Waals surface area contributed by atoms with Gasteiger partial charge >= 0.3 is 12.1 Å². The van der Waals surface area contributed by atoms with Gasteiger partial charge in [0, 0.05) is 37.7 Å². The third kappa shape index (κ3) is 4.33. The quantitative estimate of drug-likeness (QED) is 0.755. The number of piperidine rings is 1. The van der Waals surface area contributed by atoms with E-state index in [-0.39, 0.29) is 0 Å². The lowest BCUT2D eigenvalue weighted by Crippen LogP contribution is -2.51. The predicted octanol–water partition coefficient (Wildman–Crippen LogP) is 2.27. The molecule has 0 spiro atoms. The molecule has 0 aliphatic carbocycles. The molecule has 1 aromatic carbocycles. The normalized spacial score (nSPS) is 22.8. The van der Waals surface area contributed by atoms with Crippen molar-refractivity contribution in [3.8, 4) is 0 Å². The zero-order valence-electron chi connectivity index (χ0n) is 16.2. The van der Waals surface area contributed by atoms with E-state index < -0.39 is 24.1 Å². The Morgan fingerprint density at radius 2 is 1.86 bits per heavy atom. The smallest absolute Gasteiger partial charge is 0.312 e. The molecule has 3 heterocycles. The van der Waals surface area contributed by atoms with Crippen LogP contribution in [0.5, 0.6) is 0 Å². The fraction of sp³-hybridized carbons (Fsp3) is 0.550. The van der Waals surface area contributed by atoms with Gasteiger partial charge in [-0.15, -0.1) is 0 Å². The number of rotatable bonds is 4. The Hall–Kier alpha value is -2.32. The van der Waals surface area contributed by atoms with E-state index >= 15 is 0 Å². The SMILES string of the molecule is O=C(ON1C(=O)[C@@H]2CNCCN2C1=O)N1CCC(CCc2ccc(Cl)cc2)CC1. The summed E-state index contributed by atoms with van der Waals surface area (Å²) in [6.07, 6.45) is 3.16. The highest BCUT2D eigenvalue weighted by molar-refractivity contribution is 6.30. The number of fused-ring (bicyclic) bond motifs is 1. The Kier molecular flexibility index (Phi) is 5.91. The molecular formula is C20H25ClN4O4. The average molecular weight is 421 g/mol. The van der Waals surface area contributed by atoms with Crippen LogP contribution in [0.15, 0.2) is 24.3 Å². The molecule has 9 heteroatoms. The van der Waals surface area contributed by atoms with Gasteiger partial charge in [-0.3, -0.25) is 4.79 Å². The average Bonchev–Trinajstić information content (AvgIpc) is 2.99. The van der Waals surface area contributed by atoms with Crippen LogP contribution in [0.25, 0.3) is 0 Å². The lowest BCUT2D eigenvalue weighted by Gasteiger charge is -2.31. The van der Waals surface area contributed by atoms with Crippen molar-refractivity contribution in [2.45, 2.75) is 31.7 Å². The summed E-state index contributed by atoms with van der Waals surface area (Å²) in [5.41, 5.74) is 1.26. The van der Waals surface area contributed by atoms with Crippen LogP contribution in [0.1, 0.15) is 24.8 Å². The first-order valence-corrected chi connectivity index (χ1v) is 10.5. The molecule has 0 saturated carbocycles. The summed E-state index contributed by atoms with van der Waals surface area (Å²) in [5.74, 6) is 0.0539. The standard InChI is InChI=1S/C20H25ClN4O4/c21-16-5-3-14(4-6-16)1-2-15-7-10-23(11-8-15)20(28)29-25-18(26)17-13-22-9-12-24(17)19(25)27/h3-6,15,17,22H,1-2,7-13H2/t17-/m0/s1. The fourth-order valence-corrected chi connectivity index (χ4v) is 4.27. The summed E-state index contributed by atoms with van der Waals surface area (Å²) in [5, 5.41) is 4.45. The van der Waals surface area contributed by atoms with Crippen molar-refractivity contribution in [3.05, 3.63) is 34.9 Å². The zero-order valence-corrected chi connectivity index (χ0v) is 16.9. The molecule has 0 radical (unpaired) electrons. The minimum Gasteiger partial charge on any atom is -0.312 e. The molecule has 3 aliphatic rings. The molecule has 4 rings (SSSR count). The number of imide groups is 1. The van der Waals surface area contributed by atoms with E-state index in [1.807, 2.05) is 24.3 Å². The first kappa shape index (κ1) is 20.0. The summed E-state index contributed by atoms with van der Waals surface area (Å²) < 4.78 is 0. The van der Waals surface area contributed by atoms with Gasteiger partial charge in [-0.05, 0) is 49.3 Å². The van der Waals surface area contributed by atoms with E-state index in [4.69, 9.17) is 16.4 Å². The van der Waals surface area contributed by atoms with E-state index in [0.29, 0.717) is 43.7 Å². The summed E-state index contributed by atoms with van der Waals surface area (Å²) in [6, 6.07) is 6.76. The monoisotopic (exact) mass is 420 g/mol. The third-order valence-electron chi connectivity index (χ3n) is 5.94. The van der Waals surface area contributed by atoms with Gasteiger partial charge in [0.1, 0.15) is 6.04 Å². The zero-order chi connectivity index (χ0) is 20.4. The maximum atomic E-state index is 12.5. The molecule has 3 fully saturated rings. The Bertz CT molecular complexity index is 755. The third-order valence-corrected chi connectivity index (χ3v) is 6.20. The maximum Gasteiger partial charge on any atom is 0.434 e. The molecule has 29 heavy (non-hydrogen) atoms. The van der Waals surface area contributed by atoms with E-state index in [2.05, 4.69) is 5.32 Å². The molecule has 0 aromatic heterocycles. The summed E-state index contributed by atoms with van der Waals surface area (Å²) >= 11 is 5.92. The molecule has 3 saturated heterocycles.